The van der Waals surface area contributed by atoms with Crippen molar-refractivity contribution in [1.82, 2.24) is 4.90 Å². The smallest absolute Gasteiger partial charge is 0.320 e. The zero-order chi connectivity index (χ0) is 16.9. The van der Waals surface area contributed by atoms with Gasteiger partial charge in [-0.05, 0) is 49.2 Å². The molecule has 2 N–H and O–H groups in total. The van der Waals surface area contributed by atoms with Gasteiger partial charge in [-0.1, -0.05) is 30.3 Å². The van der Waals surface area contributed by atoms with E-state index in [1.165, 1.54) is 0 Å². The maximum absolute atomic E-state index is 12.2. The number of benzene rings is 2. The summed E-state index contributed by atoms with van der Waals surface area (Å²) in [7, 11) is 0. The number of para-hydroxylation sites is 1. The molecule has 0 unspecified atom stereocenters. The maximum atomic E-state index is 12.2. The molecule has 0 aromatic heterocycles. The Morgan fingerprint density at radius 2 is 1.79 bits per heavy atom. The fourth-order valence-electron chi connectivity index (χ4n) is 3.02. The van der Waals surface area contributed by atoms with Crippen LogP contribution in [0, 0.1) is 0 Å². The number of rotatable bonds is 5. The number of hydrogen-bond acceptors (Lipinski definition) is 3. The molecule has 0 bridgehead atoms. The first-order valence-corrected chi connectivity index (χ1v) is 8.06. The summed E-state index contributed by atoms with van der Waals surface area (Å²) in [5.41, 5.74) is 2.35. The molecule has 24 heavy (non-hydrogen) atoms. The van der Waals surface area contributed by atoms with Crippen LogP contribution in [0.2, 0.25) is 0 Å². The number of nitrogens with zero attached hydrogens (tertiary/aromatic N) is 1. The zero-order valence-electron chi connectivity index (χ0n) is 13.3. The van der Waals surface area contributed by atoms with Crippen LogP contribution in [0.5, 0.6) is 0 Å². The van der Waals surface area contributed by atoms with Gasteiger partial charge in [-0.15, -0.1) is 0 Å². The van der Waals surface area contributed by atoms with Gasteiger partial charge in [0.25, 0.3) is 5.91 Å². The maximum Gasteiger partial charge on any atom is 0.320 e. The summed E-state index contributed by atoms with van der Waals surface area (Å²) >= 11 is 0. The van der Waals surface area contributed by atoms with Gasteiger partial charge in [-0.2, -0.15) is 0 Å². The van der Waals surface area contributed by atoms with Crippen LogP contribution in [-0.2, 0) is 11.3 Å². The van der Waals surface area contributed by atoms with E-state index in [0.29, 0.717) is 18.5 Å². The number of nitrogens with one attached hydrogen (secondary N) is 1. The Morgan fingerprint density at radius 3 is 2.46 bits per heavy atom. The Labute approximate surface area is 140 Å². The van der Waals surface area contributed by atoms with Gasteiger partial charge >= 0.3 is 5.97 Å². The number of anilines is 1. The van der Waals surface area contributed by atoms with E-state index in [-0.39, 0.29) is 5.91 Å². The predicted octanol–water partition coefficient (Wildman–Crippen LogP) is 2.99. The quantitative estimate of drug-likeness (QED) is 0.887. The van der Waals surface area contributed by atoms with Gasteiger partial charge in [-0.25, -0.2) is 0 Å². The highest BCUT2D eigenvalue weighted by atomic mass is 16.4. The summed E-state index contributed by atoms with van der Waals surface area (Å²) in [5, 5.41) is 12.1. The lowest BCUT2D eigenvalue weighted by atomic mass is 10.1. The van der Waals surface area contributed by atoms with Crippen molar-refractivity contribution in [2.24, 2.45) is 0 Å². The standard InChI is InChI=1S/C19H20N2O3/c22-18(20-16-5-2-1-3-6-16)15-10-8-14(9-11-15)13-21-12-4-7-17(21)19(23)24/h1-3,5-6,8-11,17H,4,7,12-13H2,(H,20,22)(H,23,24)/t17-/m1/s1. The topological polar surface area (TPSA) is 69.6 Å². The van der Waals surface area contributed by atoms with Gasteiger partial charge in [-0.3, -0.25) is 14.5 Å². The SMILES string of the molecule is O=C(Nc1ccccc1)c1ccc(CN2CCC[C@@H]2C(=O)O)cc1. The molecule has 1 aliphatic rings. The van der Waals surface area contributed by atoms with Crippen LogP contribution in [-0.4, -0.2) is 34.5 Å². The van der Waals surface area contributed by atoms with Crippen LogP contribution >= 0.6 is 0 Å². The van der Waals surface area contributed by atoms with Crippen molar-refractivity contribution in [3.05, 3.63) is 65.7 Å². The Kier molecular flexibility index (Phi) is 4.91. The molecule has 2 aromatic rings. The normalized spacial score (nSPS) is 17.6. The molecule has 2 aromatic carbocycles. The number of hydrogen-bond donors (Lipinski definition) is 2. The molecule has 0 spiro atoms. The molecule has 0 saturated carbocycles. The van der Waals surface area contributed by atoms with Crippen molar-refractivity contribution in [3.63, 3.8) is 0 Å². The van der Waals surface area contributed by atoms with Crippen LogP contribution in [0.25, 0.3) is 0 Å². The molecule has 5 nitrogen and oxygen atoms in total. The van der Waals surface area contributed by atoms with E-state index in [9.17, 15) is 14.7 Å². The Bertz CT molecular complexity index is 713. The monoisotopic (exact) mass is 324 g/mol. The first kappa shape index (κ1) is 16.2. The molecular formula is C19H20N2O3. The second-order valence-electron chi connectivity index (χ2n) is 5.98. The number of carbonyl (C=O) groups excluding carboxylic acids is 1. The molecule has 1 fully saturated rings. The predicted molar refractivity (Wildman–Crippen MR) is 91.9 cm³/mol. The first-order chi connectivity index (χ1) is 11.6. The van der Waals surface area contributed by atoms with E-state index >= 15 is 0 Å². The van der Waals surface area contributed by atoms with Gasteiger partial charge in [0.15, 0.2) is 0 Å². The van der Waals surface area contributed by atoms with E-state index in [4.69, 9.17) is 0 Å². The summed E-state index contributed by atoms with van der Waals surface area (Å²) in [4.78, 5) is 25.4. The lowest BCUT2D eigenvalue weighted by molar-refractivity contribution is -0.142. The fourth-order valence-corrected chi connectivity index (χ4v) is 3.02. The number of amides is 1. The number of likely N-dealkylation sites (tertiary alicyclic amines) is 1. The van der Waals surface area contributed by atoms with Crippen molar-refractivity contribution in [2.75, 3.05) is 11.9 Å². The lowest BCUT2D eigenvalue weighted by Gasteiger charge is -2.21. The molecule has 124 valence electrons. The summed E-state index contributed by atoms with van der Waals surface area (Å²) in [5.74, 6) is -0.913. The third kappa shape index (κ3) is 3.81. The van der Waals surface area contributed by atoms with Crippen molar-refractivity contribution in [1.29, 1.82) is 0 Å². The van der Waals surface area contributed by atoms with Gasteiger partial charge < -0.3 is 10.4 Å². The Hall–Kier alpha value is -2.66. The van der Waals surface area contributed by atoms with E-state index in [1.54, 1.807) is 12.1 Å². The van der Waals surface area contributed by atoms with Crippen molar-refractivity contribution >= 4 is 17.6 Å². The van der Waals surface area contributed by atoms with E-state index in [0.717, 1.165) is 24.2 Å². The third-order valence-corrected chi connectivity index (χ3v) is 4.28. The van der Waals surface area contributed by atoms with Crippen LogP contribution in [0.15, 0.2) is 54.6 Å². The number of carboxylic acids is 1. The Morgan fingerprint density at radius 1 is 1.08 bits per heavy atom. The minimum atomic E-state index is -0.758. The molecule has 1 heterocycles. The average Bonchev–Trinajstić information content (AvgIpc) is 3.05. The highest BCUT2D eigenvalue weighted by Crippen LogP contribution is 2.20. The van der Waals surface area contributed by atoms with Crippen LogP contribution < -0.4 is 5.32 Å². The van der Waals surface area contributed by atoms with Gasteiger partial charge in [0, 0.05) is 17.8 Å². The van der Waals surface area contributed by atoms with Crippen LogP contribution in [0.3, 0.4) is 0 Å². The van der Waals surface area contributed by atoms with Gasteiger partial charge in [0.2, 0.25) is 0 Å². The van der Waals surface area contributed by atoms with Crippen LogP contribution in [0.4, 0.5) is 5.69 Å². The molecular weight excluding hydrogens is 304 g/mol. The Balaban J connectivity index is 1.63. The molecule has 0 radical (unpaired) electrons. The summed E-state index contributed by atoms with van der Waals surface area (Å²) in [6, 6.07) is 16.2. The van der Waals surface area contributed by atoms with Crippen molar-refractivity contribution in [3.8, 4) is 0 Å². The van der Waals surface area contributed by atoms with Crippen molar-refractivity contribution in [2.45, 2.75) is 25.4 Å². The van der Waals surface area contributed by atoms with E-state index < -0.39 is 12.0 Å². The lowest BCUT2D eigenvalue weighted by Crippen LogP contribution is -2.35. The van der Waals surface area contributed by atoms with Gasteiger partial charge in [0.1, 0.15) is 6.04 Å². The second-order valence-corrected chi connectivity index (χ2v) is 5.98. The molecule has 1 saturated heterocycles. The number of carbonyl (C=O) groups is 2. The fraction of sp³-hybridized carbons (Fsp3) is 0.263. The summed E-state index contributed by atoms with van der Waals surface area (Å²) in [6.45, 7) is 1.39. The minimum absolute atomic E-state index is 0.155. The summed E-state index contributed by atoms with van der Waals surface area (Å²) in [6.07, 6.45) is 1.61. The van der Waals surface area contributed by atoms with Crippen LogP contribution in [0.1, 0.15) is 28.8 Å². The summed E-state index contributed by atoms with van der Waals surface area (Å²) < 4.78 is 0. The molecule has 1 atom stereocenters. The zero-order valence-corrected chi connectivity index (χ0v) is 13.3. The molecule has 3 rings (SSSR count). The number of carboxylic acid groups (broad SMARTS) is 1. The highest BCUT2D eigenvalue weighted by molar-refractivity contribution is 6.04. The average molecular weight is 324 g/mol. The first-order valence-electron chi connectivity index (χ1n) is 8.06. The van der Waals surface area contributed by atoms with Crippen molar-refractivity contribution < 1.29 is 14.7 Å². The molecule has 5 heteroatoms. The number of aliphatic carboxylic acids is 1. The second kappa shape index (κ2) is 7.27. The molecule has 1 amide bonds. The molecule has 0 aliphatic carbocycles. The largest absolute Gasteiger partial charge is 0.480 e. The minimum Gasteiger partial charge on any atom is -0.480 e. The highest BCUT2D eigenvalue weighted by Gasteiger charge is 2.30. The third-order valence-electron chi connectivity index (χ3n) is 4.28. The van der Waals surface area contributed by atoms with E-state index in [2.05, 4.69) is 5.32 Å². The van der Waals surface area contributed by atoms with E-state index in [1.807, 2.05) is 47.4 Å². The van der Waals surface area contributed by atoms with Gasteiger partial charge in [0.05, 0.1) is 0 Å². The molecule has 1 aliphatic heterocycles.